The highest BCUT2D eigenvalue weighted by Crippen LogP contribution is 2.25. The van der Waals surface area contributed by atoms with Crippen molar-refractivity contribution in [1.82, 2.24) is 0 Å². The van der Waals surface area contributed by atoms with Crippen LogP contribution in [0.2, 0.25) is 0 Å². The molecule has 0 fully saturated rings. The number of rotatable bonds is 3. The predicted molar refractivity (Wildman–Crippen MR) is 85.5 cm³/mol. The van der Waals surface area contributed by atoms with Gasteiger partial charge in [-0.15, -0.1) is 0 Å². The number of nitrogens with one attached hydrogen (secondary N) is 1. The van der Waals surface area contributed by atoms with E-state index in [-0.39, 0.29) is 0 Å². The average Bonchev–Trinajstić information content (AvgIpc) is 2.48. The molecule has 104 valence electrons. The molecule has 20 heavy (non-hydrogen) atoms. The van der Waals surface area contributed by atoms with E-state index in [1.807, 2.05) is 0 Å². The molecule has 1 aliphatic carbocycles. The van der Waals surface area contributed by atoms with E-state index in [1.54, 1.807) is 0 Å². The largest absolute Gasteiger partial charge is 0.356 e. The molecule has 0 heterocycles. The van der Waals surface area contributed by atoms with Crippen LogP contribution in [0, 0.1) is 0 Å². The normalized spacial score (nSPS) is 17.6. The smallest absolute Gasteiger partial charge is 0.0387 e. The fourth-order valence-corrected chi connectivity index (χ4v) is 2.85. The van der Waals surface area contributed by atoms with Crippen LogP contribution in [0.3, 0.4) is 0 Å². The van der Waals surface area contributed by atoms with Crippen LogP contribution in [0.15, 0.2) is 42.5 Å². The zero-order valence-corrected chi connectivity index (χ0v) is 12.0. The quantitative estimate of drug-likeness (QED) is 0.886. The summed E-state index contributed by atoms with van der Waals surface area (Å²) in [5.74, 6) is 0. The molecule has 1 atom stereocenters. The van der Waals surface area contributed by atoms with E-state index >= 15 is 0 Å². The second kappa shape index (κ2) is 5.68. The van der Waals surface area contributed by atoms with Gasteiger partial charge in [-0.3, -0.25) is 0 Å². The fraction of sp³-hybridized carbons (Fsp3) is 0.333. The summed E-state index contributed by atoms with van der Waals surface area (Å²) in [4.78, 5) is 0. The van der Waals surface area contributed by atoms with Gasteiger partial charge in [0.15, 0.2) is 0 Å². The summed E-state index contributed by atoms with van der Waals surface area (Å²) in [5, 5.41) is 3.49. The van der Waals surface area contributed by atoms with Gasteiger partial charge in [-0.2, -0.15) is 0 Å². The van der Waals surface area contributed by atoms with Gasteiger partial charge in [-0.05, 0) is 66.6 Å². The van der Waals surface area contributed by atoms with Gasteiger partial charge in [0.05, 0.1) is 0 Å². The highest BCUT2D eigenvalue weighted by atomic mass is 14.9. The number of anilines is 2. The van der Waals surface area contributed by atoms with E-state index in [0.29, 0.717) is 6.04 Å². The molecule has 0 amide bonds. The molecule has 0 saturated heterocycles. The number of aryl methyl sites for hydroxylation is 2. The molecule has 0 aromatic heterocycles. The molecule has 0 aliphatic heterocycles. The lowest BCUT2D eigenvalue weighted by Crippen LogP contribution is -2.27. The zero-order chi connectivity index (χ0) is 13.9. The van der Waals surface area contributed by atoms with Gasteiger partial charge in [0, 0.05) is 17.4 Å². The van der Waals surface area contributed by atoms with E-state index in [9.17, 15) is 0 Å². The molecule has 2 aromatic carbocycles. The Hall–Kier alpha value is -1.80. The summed E-state index contributed by atoms with van der Waals surface area (Å²) in [5.41, 5.74) is 12.6. The Bertz CT molecular complexity index is 587. The standard InChI is InChI=1S/C18H22N2/c1-2-13-3-8-17(9-4-13)20-18-10-6-14-11-16(19)7-5-15(14)12-18/h3-4,6,8-10,12,16,20H,2,5,7,11,19H2,1H3. The molecule has 1 aliphatic rings. The molecule has 0 saturated carbocycles. The van der Waals surface area contributed by atoms with Crippen molar-refractivity contribution in [2.75, 3.05) is 5.32 Å². The summed E-state index contributed by atoms with van der Waals surface area (Å²) >= 11 is 0. The van der Waals surface area contributed by atoms with Gasteiger partial charge >= 0.3 is 0 Å². The second-order valence-electron chi connectivity index (χ2n) is 5.66. The van der Waals surface area contributed by atoms with E-state index < -0.39 is 0 Å². The van der Waals surface area contributed by atoms with Crippen LogP contribution in [0.5, 0.6) is 0 Å². The number of hydrogen-bond donors (Lipinski definition) is 2. The van der Waals surface area contributed by atoms with E-state index in [4.69, 9.17) is 5.73 Å². The highest BCUT2D eigenvalue weighted by molar-refractivity contribution is 5.61. The molecule has 0 radical (unpaired) electrons. The van der Waals surface area contributed by atoms with Crippen LogP contribution >= 0.6 is 0 Å². The molecule has 2 nitrogen and oxygen atoms in total. The maximum Gasteiger partial charge on any atom is 0.0387 e. The third-order valence-corrected chi connectivity index (χ3v) is 4.12. The Morgan fingerprint density at radius 1 is 1.05 bits per heavy atom. The van der Waals surface area contributed by atoms with Crippen molar-refractivity contribution in [3.8, 4) is 0 Å². The molecular weight excluding hydrogens is 244 g/mol. The van der Waals surface area contributed by atoms with Crippen LogP contribution in [-0.2, 0) is 19.3 Å². The highest BCUT2D eigenvalue weighted by Gasteiger charge is 2.15. The number of fused-ring (bicyclic) bond motifs is 1. The van der Waals surface area contributed by atoms with Gasteiger partial charge in [0.25, 0.3) is 0 Å². The summed E-state index contributed by atoms with van der Waals surface area (Å²) < 4.78 is 0. The van der Waals surface area contributed by atoms with Crippen molar-refractivity contribution < 1.29 is 0 Å². The topological polar surface area (TPSA) is 38.0 Å². The van der Waals surface area contributed by atoms with Crippen molar-refractivity contribution in [2.45, 2.75) is 38.6 Å². The SMILES string of the molecule is CCc1ccc(Nc2ccc3c(c2)CCC(N)C3)cc1. The van der Waals surface area contributed by atoms with E-state index in [0.717, 1.165) is 31.4 Å². The minimum absolute atomic E-state index is 0.336. The molecule has 2 heteroatoms. The lowest BCUT2D eigenvalue weighted by atomic mass is 9.88. The van der Waals surface area contributed by atoms with E-state index in [1.165, 1.54) is 22.4 Å². The van der Waals surface area contributed by atoms with E-state index in [2.05, 4.69) is 54.7 Å². The van der Waals surface area contributed by atoms with Crippen molar-refractivity contribution in [3.63, 3.8) is 0 Å². The van der Waals surface area contributed by atoms with Crippen molar-refractivity contribution >= 4 is 11.4 Å². The van der Waals surface area contributed by atoms with Crippen LogP contribution in [0.25, 0.3) is 0 Å². The maximum atomic E-state index is 6.02. The van der Waals surface area contributed by atoms with Crippen molar-refractivity contribution in [3.05, 3.63) is 59.2 Å². The Balaban J connectivity index is 1.77. The molecule has 0 bridgehead atoms. The van der Waals surface area contributed by atoms with Gasteiger partial charge in [0.2, 0.25) is 0 Å². The van der Waals surface area contributed by atoms with Crippen LogP contribution < -0.4 is 11.1 Å². The third-order valence-electron chi connectivity index (χ3n) is 4.12. The Morgan fingerprint density at radius 3 is 2.55 bits per heavy atom. The minimum Gasteiger partial charge on any atom is -0.356 e. The van der Waals surface area contributed by atoms with Gasteiger partial charge in [0.1, 0.15) is 0 Å². The first-order valence-electron chi connectivity index (χ1n) is 7.48. The molecule has 3 rings (SSSR count). The van der Waals surface area contributed by atoms with Gasteiger partial charge < -0.3 is 11.1 Å². The summed E-state index contributed by atoms with van der Waals surface area (Å²) in [7, 11) is 0. The average molecular weight is 266 g/mol. The Labute approximate surface area is 121 Å². The van der Waals surface area contributed by atoms with Gasteiger partial charge in [-0.1, -0.05) is 25.1 Å². The van der Waals surface area contributed by atoms with Crippen molar-refractivity contribution in [2.24, 2.45) is 5.73 Å². The van der Waals surface area contributed by atoms with Gasteiger partial charge in [-0.25, -0.2) is 0 Å². The summed E-state index contributed by atoms with van der Waals surface area (Å²) in [6, 6.07) is 15.6. The molecule has 2 aromatic rings. The van der Waals surface area contributed by atoms with Crippen molar-refractivity contribution in [1.29, 1.82) is 0 Å². The van der Waals surface area contributed by atoms with Crippen LogP contribution in [0.1, 0.15) is 30.0 Å². The minimum atomic E-state index is 0.336. The maximum absolute atomic E-state index is 6.02. The second-order valence-corrected chi connectivity index (χ2v) is 5.66. The third kappa shape index (κ3) is 2.86. The summed E-state index contributed by atoms with van der Waals surface area (Å²) in [6.07, 6.45) is 4.29. The first-order chi connectivity index (χ1) is 9.74. The number of hydrogen-bond acceptors (Lipinski definition) is 2. The fourth-order valence-electron chi connectivity index (χ4n) is 2.85. The number of benzene rings is 2. The first kappa shape index (κ1) is 13.2. The Kier molecular flexibility index (Phi) is 3.75. The molecule has 3 N–H and O–H groups in total. The first-order valence-corrected chi connectivity index (χ1v) is 7.48. The predicted octanol–water partition coefficient (Wildman–Crippen LogP) is 3.81. The lowest BCUT2D eigenvalue weighted by molar-refractivity contribution is 0.577. The summed E-state index contributed by atoms with van der Waals surface area (Å²) in [6.45, 7) is 2.18. The molecule has 1 unspecified atom stereocenters. The zero-order valence-electron chi connectivity index (χ0n) is 12.0. The molecular formula is C18H22N2. The molecule has 0 spiro atoms. The van der Waals surface area contributed by atoms with Crippen LogP contribution in [0.4, 0.5) is 11.4 Å². The number of nitrogens with two attached hydrogens (primary N) is 1. The lowest BCUT2D eigenvalue weighted by Gasteiger charge is -2.22. The van der Waals surface area contributed by atoms with Crippen LogP contribution in [-0.4, -0.2) is 6.04 Å². The Morgan fingerprint density at radius 2 is 1.80 bits per heavy atom. The monoisotopic (exact) mass is 266 g/mol.